The number of hydrogen-bond donors (Lipinski definition) is 2. The summed E-state index contributed by atoms with van der Waals surface area (Å²) in [6, 6.07) is 0. The molecular weight excluding hydrogens is 675 g/mol. The lowest BCUT2D eigenvalue weighted by molar-refractivity contribution is -0.161. The van der Waals surface area contributed by atoms with Gasteiger partial charge in [-0.25, -0.2) is 4.57 Å². The van der Waals surface area contributed by atoms with E-state index in [9.17, 15) is 14.2 Å². The molecule has 0 spiro atoms. The molecule has 0 heterocycles. The van der Waals surface area contributed by atoms with Gasteiger partial charge >= 0.3 is 19.8 Å². The maximum absolute atomic E-state index is 12.4. The third kappa shape index (κ3) is 41.0. The van der Waals surface area contributed by atoms with Crippen molar-refractivity contribution in [2.75, 3.05) is 13.2 Å². The maximum atomic E-state index is 12.4. The highest BCUT2D eigenvalue weighted by Gasteiger charge is 2.22. The minimum Gasteiger partial charge on any atom is -0.462 e. The lowest BCUT2D eigenvalue weighted by Crippen LogP contribution is -2.29. The van der Waals surface area contributed by atoms with Crippen molar-refractivity contribution in [3.8, 4) is 0 Å². The highest BCUT2D eigenvalue weighted by atomic mass is 31.2. The molecule has 0 aliphatic rings. The van der Waals surface area contributed by atoms with Crippen molar-refractivity contribution in [1.82, 2.24) is 0 Å². The molecule has 52 heavy (non-hydrogen) atoms. The molecule has 1 unspecified atom stereocenters. The van der Waals surface area contributed by atoms with Crippen molar-refractivity contribution in [3.63, 3.8) is 0 Å². The van der Waals surface area contributed by atoms with E-state index in [1.807, 2.05) is 0 Å². The summed E-state index contributed by atoms with van der Waals surface area (Å²) < 4.78 is 26.4. The van der Waals surface area contributed by atoms with Crippen LogP contribution >= 0.6 is 7.82 Å². The summed E-state index contributed by atoms with van der Waals surface area (Å²) in [6.45, 7) is 3.61. The summed E-state index contributed by atoms with van der Waals surface area (Å²) in [5.41, 5.74) is 0. The molecular formula is C43H79O8P. The predicted molar refractivity (Wildman–Crippen MR) is 216 cm³/mol. The molecule has 2 N–H and O–H groups in total. The van der Waals surface area contributed by atoms with Crippen LogP contribution in [0, 0.1) is 0 Å². The average molecular weight is 755 g/mol. The Balaban J connectivity index is 3.87. The van der Waals surface area contributed by atoms with Gasteiger partial charge in [0.2, 0.25) is 0 Å². The largest absolute Gasteiger partial charge is 0.469 e. The van der Waals surface area contributed by atoms with Crippen molar-refractivity contribution in [2.45, 2.75) is 213 Å². The van der Waals surface area contributed by atoms with Crippen molar-refractivity contribution in [1.29, 1.82) is 0 Å². The second kappa shape index (κ2) is 39.0. The zero-order valence-electron chi connectivity index (χ0n) is 33.5. The lowest BCUT2D eigenvalue weighted by atomic mass is 10.1. The summed E-state index contributed by atoms with van der Waals surface area (Å²) in [6.07, 6.45) is 45.9. The van der Waals surface area contributed by atoms with Gasteiger partial charge in [0, 0.05) is 12.8 Å². The van der Waals surface area contributed by atoms with Gasteiger partial charge in [-0.3, -0.25) is 14.1 Å². The number of phosphoric acid groups is 1. The van der Waals surface area contributed by atoms with Crippen LogP contribution in [0.15, 0.2) is 36.5 Å². The Labute approximate surface area is 319 Å². The van der Waals surface area contributed by atoms with Crippen molar-refractivity contribution >= 4 is 19.8 Å². The molecule has 0 amide bonds. The standard InChI is InChI=1S/C43H79O8P/c1-3-5-7-9-11-13-15-17-18-19-20-21-22-23-24-26-27-29-31-33-35-37-42(44)49-39-41(40-50-52(46,47)48)51-43(45)38-36-34-32-30-28-25-16-14-12-10-8-6-4-2/h8,10,14,16,19-20,41H,3-7,9,11-13,15,17-18,21-40H2,1-2H3,(H2,46,47,48)/b10-8-,16-14-,20-19-. The number of carbonyl (C=O) groups excluding carboxylic acids is 2. The minimum atomic E-state index is -4.76. The summed E-state index contributed by atoms with van der Waals surface area (Å²) in [5, 5.41) is 0. The average Bonchev–Trinajstić information content (AvgIpc) is 3.11. The van der Waals surface area contributed by atoms with E-state index in [2.05, 4.69) is 54.8 Å². The zero-order valence-corrected chi connectivity index (χ0v) is 34.4. The van der Waals surface area contributed by atoms with Crippen LogP contribution < -0.4 is 0 Å². The topological polar surface area (TPSA) is 119 Å². The van der Waals surface area contributed by atoms with Gasteiger partial charge in [-0.15, -0.1) is 0 Å². The Morgan fingerprint density at radius 3 is 1.37 bits per heavy atom. The molecule has 0 aromatic carbocycles. The van der Waals surface area contributed by atoms with Crippen LogP contribution in [0.2, 0.25) is 0 Å². The predicted octanol–water partition coefficient (Wildman–Crippen LogP) is 13.0. The Morgan fingerprint density at radius 2 is 0.904 bits per heavy atom. The van der Waals surface area contributed by atoms with Gasteiger partial charge in [0.15, 0.2) is 6.10 Å². The monoisotopic (exact) mass is 755 g/mol. The van der Waals surface area contributed by atoms with Gasteiger partial charge in [0.1, 0.15) is 6.61 Å². The fraction of sp³-hybridized carbons (Fsp3) is 0.814. The molecule has 8 nitrogen and oxygen atoms in total. The van der Waals surface area contributed by atoms with Gasteiger partial charge in [-0.05, 0) is 64.2 Å². The van der Waals surface area contributed by atoms with Gasteiger partial charge in [0.05, 0.1) is 6.61 Å². The molecule has 0 radical (unpaired) electrons. The van der Waals surface area contributed by atoms with E-state index in [4.69, 9.17) is 19.3 Å². The first-order chi connectivity index (χ1) is 25.3. The first kappa shape index (κ1) is 50.3. The summed E-state index contributed by atoms with van der Waals surface area (Å²) in [5.74, 6) is -0.900. The van der Waals surface area contributed by atoms with E-state index in [1.54, 1.807) is 0 Å². The molecule has 0 saturated heterocycles. The molecule has 0 aliphatic carbocycles. The first-order valence-electron chi connectivity index (χ1n) is 21.3. The fourth-order valence-corrected chi connectivity index (χ4v) is 6.30. The first-order valence-corrected chi connectivity index (χ1v) is 22.8. The maximum Gasteiger partial charge on any atom is 0.469 e. The van der Waals surface area contributed by atoms with Crippen LogP contribution in [-0.2, 0) is 28.2 Å². The normalized spacial score (nSPS) is 12.8. The Bertz CT molecular complexity index is 941. The SMILES string of the molecule is CCC/C=C\C/C=C\CCCCCCCC(=O)OC(COC(=O)CCCCCCCCCCC/C=C\CCCCCCCCCC)COP(=O)(O)O. The number of rotatable bonds is 39. The second-order valence-corrected chi connectivity index (χ2v) is 15.5. The Morgan fingerprint density at radius 1 is 0.500 bits per heavy atom. The van der Waals surface area contributed by atoms with E-state index < -0.39 is 32.5 Å². The van der Waals surface area contributed by atoms with Gasteiger partial charge < -0.3 is 19.3 Å². The zero-order chi connectivity index (χ0) is 38.2. The highest BCUT2D eigenvalue weighted by molar-refractivity contribution is 7.46. The molecule has 1 atom stereocenters. The summed E-state index contributed by atoms with van der Waals surface area (Å²) >= 11 is 0. The number of hydrogen-bond acceptors (Lipinski definition) is 6. The summed E-state index contributed by atoms with van der Waals surface area (Å²) in [4.78, 5) is 42.8. The third-order valence-corrected chi connectivity index (χ3v) is 9.60. The number of allylic oxidation sites excluding steroid dienone is 6. The van der Waals surface area contributed by atoms with E-state index in [0.29, 0.717) is 6.42 Å². The molecule has 0 fully saturated rings. The van der Waals surface area contributed by atoms with Crippen LogP contribution in [0.4, 0.5) is 0 Å². The van der Waals surface area contributed by atoms with Crippen LogP contribution in [-0.4, -0.2) is 41.0 Å². The number of esters is 2. The van der Waals surface area contributed by atoms with E-state index in [-0.39, 0.29) is 19.4 Å². The molecule has 0 aliphatic heterocycles. The number of carbonyl (C=O) groups is 2. The Hall–Kier alpha value is -1.73. The Kier molecular flexibility index (Phi) is 37.7. The quantitative estimate of drug-likeness (QED) is 0.0275. The molecule has 0 aromatic rings. The highest BCUT2D eigenvalue weighted by Crippen LogP contribution is 2.36. The smallest absolute Gasteiger partial charge is 0.462 e. The van der Waals surface area contributed by atoms with E-state index >= 15 is 0 Å². The van der Waals surface area contributed by atoms with E-state index in [1.165, 1.54) is 109 Å². The van der Waals surface area contributed by atoms with Crippen LogP contribution in [0.3, 0.4) is 0 Å². The molecule has 0 rings (SSSR count). The lowest BCUT2D eigenvalue weighted by Gasteiger charge is -2.18. The molecule has 304 valence electrons. The van der Waals surface area contributed by atoms with Crippen molar-refractivity contribution in [2.24, 2.45) is 0 Å². The van der Waals surface area contributed by atoms with Crippen LogP contribution in [0.25, 0.3) is 0 Å². The van der Waals surface area contributed by atoms with Crippen LogP contribution in [0.5, 0.6) is 0 Å². The number of ether oxygens (including phenoxy) is 2. The van der Waals surface area contributed by atoms with Gasteiger partial charge in [-0.2, -0.15) is 0 Å². The van der Waals surface area contributed by atoms with Crippen molar-refractivity contribution in [3.05, 3.63) is 36.5 Å². The molecule has 0 aromatic heterocycles. The third-order valence-electron chi connectivity index (χ3n) is 9.11. The second-order valence-electron chi connectivity index (χ2n) is 14.3. The van der Waals surface area contributed by atoms with E-state index in [0.717, 1.165) is 64.2 Å². The minimum absolute atomic E-state index is 0.196. The fourth-order valence-electron chi connectivity index (χ4n) is 5.94. The number of unbranched alkanes of at least 4 members (excludes halogenated alkanes) is 23. The molecule has 0 saturated carbocycles. The van der Waals surface area contributed by atoms with Gasteiger partial charge in [-0.1, -0.05) is 166 Å². The summed E-state index contributed by atoms with van der Waals surface area (Å²) in [7, 11) is -4.76. The number of phosphoric ester groups is 1. The molecule has 9 heteroatoms. The van der Waals surface area contributed by atoms with Crippen LogP contribution in [0.1, 0.15) is 206 Å². The molecule has 0 bridgehead atoms. The van der Waals surface area contributed by atoms with Gasteiger partial charge in [0.25, 0.3) is 0 Å². The van der Waals surface area contributed by atoms with Crippen molar-refractivity contribution < 1.29 is 37.9 Å².